The first-order chi connectivity index (χ1) is 10.9. The Balaban J connectivity index is 2.10. The first-order valence-electron chi connectivity index (χ1n) is 8.66. The molecule has 1 aliphatic heterocycles. The number of hydrogen-bond acceptors (Lipinski definition) is 3. The highest BCUT2D eigenvalue weighted by atomic mass is 16.5. The van der Waals surface area contributed by atoms with E-state index in [1.165, 1.54) is 0 Å². The molecule has 0 atom stereocenters. The van der Waals surface area contributed by atoms with Gasteiger partial charge in [0.05, 0.1) is 0 Å². The summed E-state index contributed by atoms with van der Waals surface area (Å²) in [6.07, 6.45) is 5.22. The molecule has 1 aliphatic rings. The number of rotatable bonds is 5. The number of benzene rings is 1. The molecule has 0 spiro atoms. The van der Waals surface area contributed by atoms with Crippen molar-refractivity contribution < 1.29 is 4.74 Å². The molecule has 1 aromatic carbocycles. The highest BCUT2D eigenvalue weighted by Crippen LogP contribution is 2.37. The van der Waals surface area contributed by atoms with Crippen LogP contribution in [0.2, 0.25) is 0 Å². The van der Waals surface area contributed by atoms with E-state index >= 15 is 0 Å². The number of nitrogens with zero attached hydrogens (tertiary/aromatic N) is 1. The van der Waals surface area contributed by atoms with E-state index in [2.05, 4.69) is 38.8 Å². The topological polar surface area (TPSA) is 36.3 Å². The van der Waals surface area contributed by atoms with E-state index in [1.54, 1.807) is 0 Å². The number of nitrogens with one attached hydrogen (secondary N) is 1. The molecule has 0 unspecified atom stereocenters. The molecule has 23 heavy (non-hydrogen) atoms. The number of ether oxygens (including phenoxy) is 1. The van der Waals surface area contributed by atoms with Crippen molar-refractivity contribution in [2.75, 3.05) is 20.1 Å². The normalized spacial score (nSPS) is 18.0. The molecule has 1 N–H and O–H groups in total. The lowest BCUT2D eigenvalue weighted by Crippen LogP contribution is -2.41. The quantitative estimate of drug-likeness (QED) is 0.481. The van der Waals surface area contributed by atoms with Crippen LogP contribution in [0.15, 0.2) is 36.4 Å². The fraction of sp³-hybridized carbons (Fsp3) is 0.550. The van der Waals surface area contributed by atoms with Crippen molar-refractivity contribution in [1.29, 1.82) is 5.41 Å². The van der Waals surface area contributed by atoms with E-state index in [1.807, 2.05) is 30.3 Å². The second kappa shape index (κ2) is 7.78. The van der Waals surface area contributed by atoms with Crippen LogP contribution in [0.4, 0.5) is 0 Å². The standard InChI is InChI=1S/C20H30N2O/c1-5-9-18(16-10-7-6-8-11-16)23-19(21)20(2,3)17-12-14-22(4)15-13-17/h6-11,17,21H,5,12-15H2,1-4H3/b18-9+,21-19?. The fourth-order valence-electron chi connectivity index (χ4n) is 3.16. The summed E-state index contributed by atoms with van der Waals surface area (Å²) in [6.45, 7) is 8.62. The third-order valence-electron chi connectivity index (χ3n) is 4.98. The molecule has 3 heteroatoms. The van der Waals surface area contributed by atoms with Gasteiger partial charge in [0.15, 0.2) is 5.90 Å². The van der Waals surface area contributed by atoms with Gasteiger partial charge in [-0.25, -0.2) is 0 Å². The lowest BCUT2D eigenvalue weighted by molar-refractivity contribution is 0.145. The lowest BCUT2D eigenvalue weighted by atomic mass is 9.73. The van der Waals surface area contributed by atoms with Gasteiger partial charge >= 0.3 is 0 Å². The van der Waals surface area contributed by atoms with Crippen molar-refractivity contribution >= 4 is 11.7 Å². The zero-order chi connectivity index (χ0) is 16.9. The van der Waals surface area contributed by atoms with Crippen LogP contribution in [0.1, 0.15) is 45.6 Å². The molecule has 1 heterocycles. The fourth-order valence-corrected chi connectivity index (χ4v) is 3.16. The van der Waals surface area contributed by atoms with Crippen molar-refractivity contribution in [2.45, 2.75) is 40.0 Å². The minimum atomic E-state index is -0.233. The van der Waals surface area contributed by atoms with Gasteiger partial charge in [0.2, 0.25) is 0 Å². The maximum Gasteiger partial charge on any atom is 0.193 e. The van der Waals surface area contributed by atoms with Crippen LogP contribution in [0.3, 0.4) is 0 Å². The lowest BCUT2D eigenvalue weighted by Gasteiger charge is -2.39. The van der Waals surface area contributed by atoms with E-state index in [0.717, 1.165) is 43.7 Å². The third-order valence-corrected chi connectivity index (χ3v) is 4.98. The predicted molar refractivity (Wildman–Crippen MR) is 97.5 cm³/mol. The molecule has 0 aromatic heterocycles. The van der Waals surface area contributed by atoms with Crippen molar-refractivity contribution in [3.63, 3.8) is 0 Å². The highest BCUT2D eigenvalue weighted by molar-refractivity contribution is 5.85. The zero-order valence-electron chi connectivity index (χ0n) is 14.9. The largest absolute Gasteiger partial charge is 0.443 e. The predicted octanol–water partition coefficient (Wildman–Crippen LogP) is 4.80. The zero-order valence-corrected chi connectivity index (χ0v) is 14.9. The Labute approximate surface area is 140 Å². The summed E-state index contributed by atoms with van der Waals surface area (Å²) < 4.78 is 6.05. The average Bonchev–Trinajstić information content (AvgIpc) is 2.55. The summed E-state index contributed by atoms with van der Waals surface area (Å²) in [4.78, 5) is 2.36. The Kier molecular flexibility index (Phi) is 6.00. The maximum atomic E-state index is 8.56. The molecule has 0 aliphatic carbocycles. The average molecular weight is 314 g/mol. The molecular weight excluding hydrogens is 284 g/mol. The van der Waals surface area contributed by atoms with Gasteiger partial charge < -0.3 is 9.64 Å². The highest BCUT2D eigenvalue weighted by Gasteiger charge is 2.37. The van der Waals surface area contributed by atoms with E-state index in [0.29, 0.717) is 11.8 Å². The summed E-state index contributed by atoms with van der Waals surface area (Å²) in [5.74, 6) is 1.69. The van der Waals surface area contributed by atoms with Gasteiger partial charge in [-0.2, -0.15) is 0 Å². The maximum absolute atomic E-state index is 8.56. The molecule has 1 aromatic rings. The Hall–Kier alpha value is -1.61. The van der Waals surface area contributed by atoms with Crippen LogP contribution in [0, 0.1) is 16.7 Å². The molecule has 0 bridgehead atoms. The van der Waals surface area contributed by atoms with Gasteiger partial charge in [-0.1, -0.05) is 51.1 Å². The van der Waals surface area contributed by atoms with Crippen LogP contribution in [-0.4, -0.2) is 30.9 Å². The van der Waals surface area contributed by atoms with Gasteiger partial charge in [0.1, 0.15) is 5.76 Å². The Morgan fingerprint density at radius 1 is 1.26 bits per heavy atom. The summed E-state index contributed by atoms with van der Waals surface area (Å²) in [5, 5.41) is 8.56. The molecular formula is C20H30N2O. The minimum Gasteiger partial charge on any atom is -0.443 e. The van der Waals surface area contributed by atoms with Gasteiger partial charge in [-0.15, -0.1) is 0 Å². The number of likely N-dealkylation sites (tertiary alicyclic amines) is 1. The summed E-state index contributed by atoms with van der Waals surface area (Å²) >= 11 is 0. The molecule has 2 rings (SSSR count). The van der Waals surface area contributed by atoms with E-state index in [4.69, 9.17) is 10.1 Å². The molecule has 0 saturated carbocycles. The molecule has 1 saturated heterocycles. The smallest absolute Gasteiger partial charge is 0.193 e. The summed E-state index contributed by atoms with van der Waals surface area (Å²) in [7, 11) is 2.17. The molecule has 0 amide bonds. The van der Waals surface area contributed by atoms with Gasteiger partial charge in [0, 0.05) is 11.0 Å². The molecule has 3 nitrogen and oxygen atoms in total. The van der Waals surface area contributed by atoms with Gasteiger partial charge in [-0.05, 0) is 51.4 Å². The van der Waals surface area contributed by atoms with Crippen molar-refractivity contribution in [2.24, 2.45) is 11.3 Å². The van der Waals surface area contributed by atoms with E-state index < -0.39 is 0 Å². The van der Waals surface area contributed by atoms with Gasteiger partial charge in [-0.3, -0.25) is 5.41 Å². The van der Waals surface area contributed by atoms with Crippen LogP contribution in [-0.2, 0) is 4.74 Å². The first kappa shape index (κ1) is 17.7. The second-order valence-corrected chi connectivity index (χ2v) is 7.07. The molecule has 1 fully saturated rings. The van der Waals surface area contributed by atoms with Crippen molar-refractivity contribution in [1.82, 2.24) is 4.90 Å². The Morgan fingerprint density at radius 3 is 2.43 bits per heavy atom. The third kappa shape index (κ3) is 4.44. The minimum absolute atomic E-state index is 0.233. The van der Waals surface area contributed by atoms with E-state index in [9.17, 15) is 0 Å². The molecule has 126 valence electrons. The first-order valence-corrected chi connectivity index (χ1v) is 8.66. The number of allylic oxidation sites excluding steroid dienone is 1. The monoisotopic (exact) mass is 314 g/mol. The SMILES string of the molecule is CC/C=C(/OC(=N)C(C)(C)C1CCN(C)CC1)c1ccccc1. The van der Waals surface area contributed by atoms with Crippen LogP contribution in [0.5, 0.6) is 0 Å². The number of hydrogen-bond donors (Lipinski definition) is 1. The van der Waals surface area contributed by atoms with Crippen molar-refractivity contribution in [3.8, 4) is 0 Å². The van der Waals surface area contributed by atoms with Crippen LogP contribution < -0.4 is 0 Å². The van der Waals surface area contributed by atoms with Crippen LogP contribution in [0.25, 0.3) is 5.76 Å². The van der Waals surface area contributed by atoms with Crippen molar-refractivity contribution in [3.05, 3.63) is 42.0 Å². The second-order valence-electron chi connectivity index (χ2n) is 7.07. The summed E-state index contributed by atoms with van der Waals surface area (Å²) in [6, 6.07) is 10.1. The Morgan fingerprint density at radius 2 is 1.87 bits per heavy atom. The van der Waals surface area contributed by atoms with Crippen LogP contribution >= 0.6 is 0 Å². The Bertz CT molecular complexity index is 540. The molecule has 0 radical (unpaired) electrons. The van der Waals surface area contributed by atoms with Gasteiger partial charge in [0.25, 0.3) is 0 Å². The summed E-state index contributed by atoms with van der Waals surface area (Å²) in [5.41, 5.74) is 0.807. The van der Waals surface area contributed by atoms with E-state index in [-0.39, 0.29) is 5.41 Å². The number of piperidine rings is 1.